The average molecular weight is 420 g/mol. The summed E-state index contributed by atoms with van der Waals surface area (Å²) in [7, 11) is 0. The zero-order valence-corrected chi connectivity index (χ0v) is 17.4. The third-order valence-corrected chi connectivity index (χ3v) is 4.57. The van der Waals surface area contributed by atoms with Crippen molar-refractivity contribution in [3.63, 3.8) is 0 Å². The highest BCUT2D eigenvalue weighted by Gasteiger charge is 2.20. The Balaban J connectivity index is 0.00000105. The van der Waals surface area contributed by atoms with Crippen LogP contribution < -0.4 is 15.5 Å². The van der Waals surface area contributed by atoms with Crippen LogP contribution in [0.4, 0.5) is 0 Å². The van der Waals surface area contributed by atoms with Crippen LogP contribution in [0.1, 0.15) is 41.7 Å². The van der Waals surface area contributed by atoms with E-state index in [1.165, 1.54) is 5.56 Å². The minimum atomic E-state index is -2.19. The molecule has 30 heavy (non-hydrogen) atoms. The van der Waals surface area contributed by atoms with E-state index in [0.29, 0.717) is 5.75 Å². The van der Waals surface area contributed by atoms with Gasteiger partial charge in [-0.3, -0.25) is 0 Å². The van der Waals surface area contributed by atoms with Gasteiger partial charge in [0.1, 0.15) is 17.9 Å². The number of carbonyl (C=O) groups is 2. The van der Waals surface area contributed by atoms with Crippen LogP contribution in [0.3, 0.4) is 0 Å². The molecule has 8 nitrogen and oxygen atoms in total. The lowest BCUT2D eigenvalue weighted by atomic mass is 9.98. The molecule has 0 aliphatic carbocycles. The fourth-order valence-electron chi connectivity index (χ4n) is 2.92. The molecule has 0 radical (unpaired) electrons. The summed E-state index contributed by atoms with van der Waals surface area (Å²) in [5.41, 5.74) is 3.87. The van der Waals surface area contributed by atoms with Crippen molar-refractivity contribution in [1.82, 2.24) is 0 Å². The van der Waals surface area contributed by atoms with E-state index in [4.69, 9.17) is 19.8 Å². The van der Waals surface area contributed by atoms with Crippen molar-refractivity contribution in [3.05, 3.63) is 64.7 Å². The molecule has 0 fully saturated rings. The number of quaternary nitrogens is 1. The number of carboxylic acid groups (broad SMARTS) is 2. The first-order valence-corrected chi connectivity index (χ1v) is 9.41. The van der Waals surface area contributed by atoms with Gasteiger partial charge < -0.3 is 40.8 Å². The smallest absolute Gasteiger partial charge is 0.130 e. The van der Waals surface area contributed by atoms with Gasteiger partial charge in [0, 0.05) is 6.42 Å². The zero-order valence-electron chi connectivity index (χ0n) is 17.4. The van der Waals surface area contributed by atoms with E-state index in [2.05, 4.69) is 29.6 Å². The van der Waals surface area contributed by atoms with Crippen molar-refractivity contribution in [2.75, 3.05) is 6.54 Å². The fourth-order valence-corrected chi connectivity index (χ4v) is 2.92. The second-order valence-corrected chi connectivity index (χ2v) is 7.00. The standard InChI is InChI=1S/C20H27NO2.C2H2O4.H2O/c1-14-12-18(13-15(2)19(14)22)20(23)16(3)21-11-7-10-17-8-5-4-6-9-17;3-1(4)2(5)6;/h4-6,8-9,12-13,16,20-23H,7,10-11H2,1-3H3;(H,3,4)(H,5,6);1H2/p-1. The number of aromatic hydroxyl groups is 1. The number of aliphatic carboxylic acids is 2. The molecular weight excluding hydrogens is 390 g/mol. The van der Waals surface area contributed by atoms with E-state index in [1.54, 1.807) is 0 Å². The Morgan fingerprint density at radius 1 is 1.03 bits per heavy atom. The van der Waals surface area contributed by atoms with Gasteiger partial charge >= 0.3 is 0 Å². The van der Waals surface area contributed by atoms with E-state index in [9.17, 15) is 10.2 Å². The lowest BCUT2D eigenvalue weighted by Gasteiger charge is -2.19. The Hall–Kier alpha value is -2.94. The maximum atomic E-state index is 10.5. The second kappa shape index (κ2) is 13.3. The predicted octanol–water partition coefficient (Wildman–Crippen LogP) is -1.71. The van der Waals surface area contributed by atoms with Crippen LogP contribution in [0.15, 0.2) is 42.5 Å². The number of rotatable bonds is 7. The first kappa shape index (κ1) is 27.1. The normalized spacial score (nSPS) is 12.0. The first-order chi connectivity index (χ1) is 13.6. The van der Waals surface area contributed by atoms with Crippen LogP contribution >= 0.6 is 0 Å². The number of aryl methyl sites for hydroxylation is 3. The van der Waals surface area contributed by atoms with Crippen molar-refractivity contribution in [2.45, 2.75) is 45.8 Å². The summed E-state index contributed by atoms with van der Waals surface area (Å²) in [4.78, 5) is 17.9. The van der Waals surface area contributed by atoms with Crippen LogP contribution in [-0.4, -0.2) is 40.2 Å². The molecule has 2 unspecified atom stereocenters. The highest BCUT2D eigenvalue weighted by Crippen LogP contribution is 2.26. The molecule has 2 atom stereocenters. The molecule has 2 rings (SSSR count). The SMILES string of the molecule is Cc1cc(C(O)C(C)[NH2+]CCCc2ccccc2)cc(C)c1O.O.O=C([O-])C(=O)[O-]. The molecule has 0 aliphatic heterocycles. The first-order valence-electron chi connectivity index (χ1n) is 9.41. The summed E-state index contributed by atoms with van der Waals surface area (Å²) >= 11 is 0. The summed E-state index contributed by atoms with van der Waals surface area (Å²) in [5.74, 6) is -4.05. The number of carbonyl (C=O) groups excluding carboxylic acids is 2. The lowest BCUT2D eigenvalue weighted by molar-refractivity contribution is -0.694. The molecule has 0 amide bonds. The number of aliphatic hydroxyl groups excluding tert-OH is 1. The van der Waals surface area contributed by atoms with Gasteiger partial charge in [-0.2, -0.15) is 0 Å². The van der Waals surface area contributed by atoms with Crippen molar-refractivity contribution >= 4 is 11.9 Å². The Morgan fingerprint density at radius 2 is 1.53 bits per heavy atom. The van der Waals surface area contributed by atoms with E-state index in [1.807, 2.05) is 39.0 Å². The van der Waals surface area contributed by atoms with Crippen LogP contribution in [-0.2, 0) is 16.0 Å². The van der Waals surface area contributed by atoms with Gasteiger partial charge in [-0.25, -0.2) is 0 Å². The molecular formula is C22H30NO7-. The Morgan fingerprint density at radius 3 is 2.00 bits per heavy atom. The van der Waals surface area contributed by atoms with Crippen LogP contribution in [0.5, 0.6) is 5.75 Å². The molecule has 0 saturated heterocycles. The van der Waals surface area contributed by atoms with Gasteiger partial charge in [-0.05, 0) is 61.6 Å². The Kier molecular flexibility index (Phi) is 12.0. The van der Waals surface area contributed by atoms with Crippen molar-refractivity contribution in [1.29, 1.82) is 0 Å². The highest BCUT2D eigenvalue weighted by atomic mass is 16.4. The molecule has 0 heterocycles. The maximum Gasteiger partial charge on any atom is 0.130 e. The molecule has 0 aromatic heterocycles. The monoisotopic (exact) mass is 420 g/mol. The molecule has 2 aromatic carbocycles. The number of phenols is 1. The number of aliphatic hydroxyl groups is 1. The predicted molar refractivity (Wildman–Crippen MR) is 107 cm³/mol. The van der Waals surface area contributed by atoms with Crippen LogP contribution in [0.25, 0.3) is 0 Å². The van der Waals surface area contributed by atoms with E-state index < -0.39 is 18.0 Å². The zero-order chi connectivity index (χ0) is 22.0. The quantitative estimate of drug-likeness (QED) is 0.356. The number of nitrogens with two attached hydrogens (primary N) is 1. The third-order valence-electron chi connectivity index (χ3n) is 4.57. The summed E-state index contributed by atoms with van der Waals surface area (Å²) in [6.45, 7) is 6.77. The van der Waals surface area contributed by atoms with Crippen LogP contribution in [0, 0.1) is 13.8 Å². The minimum absolute atomic E-state index is 0. The number of carboxylic acids is 2. The number of hydrogen-bond acceptors (Lipinski definition) is 6. The van der Waals surface area contributed by atoms with Gasteiger partial charge in [-0.15, -0.1) is 0 Å². The lowest BCUT2D eigenvalue weighted by Crippen LogP contribution is -2.90. The second-order valence-electron chi connectivity index (χ2n) is 7.00. The van der Waals surface area contributed by atoms with Gasteiger partial charge in [0.25, 0.3) is 0 Å². The third kappa shape index (κ3) is 9.04. The molecule has 0 bridgehead atoms. The summed E-state index contributed by atoms with van der Waals surface area (Å²) in [6, 6.07) is 14.3. The maximum absolute atomic E-state index is 10.5. The van der Waals surface area contributed by atoms with Gasteiger partial charge in [-0.1, -0.05) is 30.3 Å². The van der Waals surface area contributed by atoms with Gasteiger partial charge in [0.2, 0.25) is 0 Å². The molecule has 2 aromatic rings. The topological polar surface area (TPSA) is 169 Å². The van der Waals surface area contributed by atoms with E-state index >= 15 is 0 Å². The fraction of sp³-hybridized carbons (Fsp3) is 0.364. The van der Waals surface area contributed by atoms with Gasteiger partial charge in [0.05, 0.1) is 18.5 Å². The van der Waals surface area contributed by atoms with Crippen molar-refractivity contribution < 1.29 is 40.8 Å². The van der Waals surface area contributed by atoms with Crippen molar-refractivity contribution in [2.24, 2.45) is 0 Å². The Labute approximate surface area is 176 Å². The molecule has 0 spiro atoms. The van der Waals surface area contributed by atoms with E-state index in [0.717, 1.165) is 36.1 Å². The summed E-state index contributed by atoms with van der Waals surface area (Å²) in [5, 5.41) is 40.4. The number of benzene rings is 2. The molecule has 0 saturated carbocycles. The summed E-state index contributed by atoms with van der Waals surface area (Å²) < 4.78 is 0. The number of phenolic OH excluding ortho intramolecular Hbond substituents is 1. The van der Waals surface area contributed by atoms with Crippen molar-refractivity contribution in [3.8, 4) is 5.75 Å². The number of hydrogen-bond donors (Lipinski definition) is 3. The highest BCUT2D eigenvalue weighted by molar-refractivity contribution is 6.25. The molecule has 0 aliphatic rings. The average Bonchev–Trinajstić information content (AvgIpc) is 2.69. The molecule has 8 heteroatoms. The molecule has 6 N–H and O–H groups in total. The minimum Gasteiger partial charge on any atom is -0.543 e. The van der Waals surface area contributed by atoms with Gasteiger partial charge in [0.15, 0.2) is 0 Å². The Bertz CT molecular complexity index is 773. The van der Waals surface area contributed by atoms with Crippen LogP contribution in [0.2, 0.25) is 0 Å². The molecule has 166 valence electrons. The summed E-state index contributed by atoms with van der Waals surface area (Å²) in [6.07, 6.45) is 1.64. The largest absolute Gasteiger partial charge is 0.543 e. The van der Waals surface area contributed by atoms with E-state index in [-0.39, 0.29) is 11.5 Å².